The molecule has 0 spiro atoms. The van der Waals surface area contributed by atoms with Crippen molar-refractivity contribution in [2.75, 3.05) is 13.6 Å². The summed E-state index contributed by atoms with van der Waals surface area (Å²) in [7, 11) is 1.64. The fourth-order valence-corrected chi connectivity index (χ4v) is 2.18. The number of amides is 2. The highest BCUT2D eigenvalue weighted by atomic mass is 16.3. The van der Waals surface area contributed by atoms with E-state index >= 15 is 0 Å². The molecule has 0 fully saturated rings. The van der Waals surface area contributed by atoms with Gasteiger partial charge in [-0.1, -0.05) is 30.3 Å². The summed E-state index contributed by atoms with van der Waals surface area (Å²) in [6.45, 7) is 3.89. The maximum atomic E-state index is 11.9. The van der Waals surface area contributed by atoms with Crippen molar-refractivity contribution >= 4 is 6.03 Å². The second-order valence-electron chi connectivity index (χ2n) is 5.96. The summed E-state index contributed by atoms with van der Waals surface area (Å²) >= 11 is 0. The van der Waals surface area contributed by atoms with Gasteiger partial charge in [-0.2, -0.15) is 0 Å². The molecule has 5 heteroatoms. The summed E-state index contributed by atoms with van der Waals surface area (Å²) < 4.78 is 5.72. The summed E-state index contributed by atoms with van der Waals surface area (Å²) in [4.78, 5) is 13.4. The van der Waals surface area contributed by atoms with Crippen LogP contribution in [0.5, 0.6) is 0 Å². The number of urea groups is 1. The molecule has 0 saturated carbocycles. The van der Waals surface area contributed by atoms with Crippen molar-refractivity contribution in [3.8, 4) is 11.3 Å². The summed E-state index contributed by atoms with van der Waals surface area (Å²) in [5.74, 6) is 1.46. The van der Waals surface area contributed by atoms with Gasteiger partial charge in [-0.05, 0) is 26.0 Å². The van der Waals surface area contributed by atoms with Crippen LogP contribution in [0.1, 0.15) is 19.6 Å². The lowest BCUT2D eigenvalue weighted by Gasteiger charge is -2.25. The third-order valence-electron chi connectivity index (χ3n) is 3.10. The van der Waals surface area contributed by atoms with Crippen LogP contribution in [0.15, 0.2) is 46.9 Å². The van der Waals surface area contributed by atoms with E-state index in [4.69, 9.17) is 4.42 Å². The first-order valence-electron chi connectivity index (χ1n) is 7.21. The van der Waals surface area contributed by atoms with Gasteiger partial charge in [-0.15, -0.1) is 0 Å². The van der Waals surface area contributed by atoms with Crippen molar-refractivity contribution in [1.82, 2.24) is 10.2 Å². The molecule has 2 rings (SSSR count). The van der Waals surface area contributed by atoms with Crippen LogP contribution in [0.3, 0.4) is 0 Å². The molecule has 5 nitrogen and oxygen atoms in total. The second-order valence-corrected chi connectivity index (χ2v) is 5.96. The second kappa shape index (κ2) is 6.66. The molecule has 0 bridgehead atoms. The van der Waals surface area contributed by atoms with Crippen LogP contribution < -0.4 is 5.32 Å². The lowest BCUT2D eigenvalue weighted by molar-refractivity contribution is 0.0531. The first-order chi connectivity index (χ1) is 10.3. The van der Waals surface area contributed by atoms with Crippen LogP contribution in [0.2, 0.25) is 0 Å². The molecular formula is C17H22N2O3. The van der Waals surface area contributed by atoms with E-state index in [2.05, 4.69) is 5.32 Å². The van der Waals surface area contributed by atoms with Crippen LogP contribution in [0.4, 0.5) is 4.79 Å². The summed E-state index contributed by atoms with van der Waals surface area (Å²) in [6, 6.07) is 13.3. The van der Waals surface area contributed by atoms with Crippen molar-refractivity contribution in [3.05, 3.63) is 48.2 Å². The van der Waals surface area contributed by atoms with Gasteiger partial charge in [0.2, 0.25) is 0 Å². The van der Waals surface area contributed by atoms with Crippen molar-refractivity contribution in [2.45, 2.75) is 26.0 Å². The summed E-state index contributed by atoms with van der Waals surface area (Å²) in [5.41, 5.74) is 0.0799. The molecule has 22 heavy (non-hydrogen) atoms. The van der Waals surface area contributed by atoms with Gasteiger partial charge < -0.3 is 19.7 Å². The van der Waals surface area contributed by atoms with Crippen LogP contribution in [-0.4, -0.2) is 35.2 Å². The number of likely N-dealkylation sites (N-methyl/N-ethyl adjacent to an activating group) is 1. The Kier molecular flexibility index (Phi) is 4.88. The molecule has 0 unspecified atom stereocenters. The molecule has 0 radical (unpaired) electrons. The quantitative estimate of drug-likeness (QED) is 0.892. The van der Waals surface area contributed by atoms with Crippen molar-refractivity contribution in [3.63, 3.8) is 0 Å². The zero-order valence-corrected chi connectivity index (χ0v) is 13.2. The van der Waals surface area contributed by atoms with E-state index in [1.54, 1.807) is 20.9 Å². The van der Waals surface area contributed by atoms with Gasteiger partial charge in [0.15, 0.2) is 0 Å². The number of carbonyl (C=O) groups excluding carboxylic acids is 1. The maximum absolute atomic E-state index is 11.9. The fourth-order valence-electron chi connectivity index (χ4n) is 2.18. The van der Waals surface area contributed by atoms with Crippen molar-refractivity contribution in [1.29, 1.82) is 0 Å². The number of benzene rings is 1. The molecule has 0 aliphatic carbocycles. The van der Waals surface area contributed by atoms with Gasteiger partial charge in [0.05, 0.1) is 18.7 Å². The van der Waals surface area contributed by atoms with E-state index in [1.165, 1.54) is 4.90 Å². The van der Waals surface area contributed by atoms with Gasteiger partial charge in [0.25, 0.3) is 0 Å². The largest absolute Gasteiger partial charge is 0.459 e. The molecule has 1 aromatic heterocycles. The fraction of sp³-hybridized carbons (Fsp3) is 0.353. The Bertz CT molecular complexity index is 614. The number of hydrogen-bond acceptors (Lipinski definition) is 3. The number of furan rings is 1. The van der Waals surface area contributed by atoms with E-state index in [-0.39, 0.29) is 12.6 Å². The monoisotopic (exact) mass is 302 g/mol. The number of nitrogens with zero attached hydrogens (tertiary/aromatic N) is 1. The third-order valence-corrected chi connectivity index (χ3v) is 3.10. The van der Waals surface area contributed by atoms with Crippen molar-refractivity contribution in [2.24, 2.45) is 0 Å². The molecule has 1 aromatic carbocycles. The molecule has 0 saturated heterocycles. The van der Waals surface area contributed by atoms with E-state index in [1.807, 2.05) is 42.5 Å². The number of carbonyl (C=O) groups is 1. The van der Waals surface area contributed by atoms with Gasteiger partial charge in [0.1, 0.15) is 11.5 Å². The predicted octanol–water partition coefficient (Wildman–Crippen LogP) is 2.86. The first-order valence-corrected chi connectivity index (χ1v) is 7.21. The zero-order chi connectivity index (χ0) is 16.2. The normalized spacial score (nSPS) is 11.3. The molecule has 2 amide bonds. The van der Waals surface area contributed by atoms with E-state index in [0.717, 1.165) is 11.3 Å². The third kappa shape index (κ3) is 4.63. The molecule has 0 aliphatic heterocycles. The molecule has 2 N–H and O–H groups in total. The Balaban J connectivity index is 1.90. The van der Waals surface area contributed by atoms with Crippen LogP contribution in [-0.2, 0) is 6.54 Å². The van der Waals surface area contributed by atoms with Gasteiger partial charge >= 0.3 is 6.03 Å². The summed E-state index contributed by atoms with van der Waals surface area (Å²) in [5, 5.41) is 12.5. The minimum absolute atomic E-state index is 0.250. The van der Waals surface area contributed by atoms with Gasteiger partial charge in [-0.25, -0.2) is 4.79 Å². The first kappa shape index (κ1) is 16.1. The average Bonchev–Trinajstić information content (AvgIpc) is 2.92. The maximum Gasteiger partial charge on any atom is 0.317 e. The Labute approximate surface area is 130 Å². The average molecular weight is 302 g/mol. The number of hydrogen-bond donors (Lipinski definition) is 2. The summed E-state index contributed by atoms with van der Waals surface area (Å²) in [6.07, 6.45) is 0. The standard InChI is InChI=1S/C17H22N2O3/c1-17(2,21)12-19(3)16(20)18-11-14-9-10-15(22-14)13-7-5-4-6-8-13/h4-10,21H,11-12H2,1-3H3,(H,18,20). The Morgan fingerprint density at radius 2 is 1.91 bits per heavy atom. The number of nitrogens with one attached hydrogen (secondary N) is 1. The molecule has 2 aromatic rings. The SMILES string of the molecule is CN(CC(C)(C)O)C(=O)NCc1ccc(-c2ccccc2)o1. The van der Waals surface area contributed by atoms with Crippen LogP contribution in [0.25, 0.3) is 11.3 Å². The van der Waals surface area contributed by atoms with Gasteiger partial charge in [-0.3, -0.25) is 0 Å². The van der Waals surface area contributed by atoms with Crippen molar-refractivity contribution < 1.29 is 14.3 Å². The lowest BCUT2D eigenvalue weighted by atomic mass is 10.1. The van der Waals surface area contributed by atoms with Crippen LogP contribution in [0, 0.1) is 0 Å². The van der Waals surface area contributed by atoms with Crippen LogP contribution >= 0.6 is 0 Å². The molecular weight excluding hydrogens is 280 g/mol. The Morgan fingerprint density at radius 1 is 1.23 bits per heavy atom. The Hall–Kier alpha value is -2.27. The smallest absolute Gasteiger partial charge is 0.317 e. The minimum Gasteiger partial charge on any atom is -0.459 e. The van der Waals surface area contributed by atoms with E-state index < -0.39 is 5.60 Å². The molecule has 118 valence electrons. The molecule has 0 atom stereocenters. The van der Waals surface area contributed by atoms with Gasteiger partial charge in [0, 0.05) is 12.6 Å². The highest BCUT2D eigenvalue weighted by Crippen LogP contribution is 2.21. The topological polar surface area (TPSA) is 65.7 Å². The molecule has 0 aliphatic rings. The number of rotatable bonds is 5. The molecule has 1 heterocycles. The van der Waals surface area contributed by atoms with E-state index in [9.17, 15) is 9.90 Å². The highest BCUT2D eigenvalue weighted by molar-refractivity contribution is 5.73. The Morgan fingerprint density at radius 3 is 2.55 bits per heavy atom. The highest BCUT2D eigenvalue weighted by Gasteiger charge is 2.19. The zero-order valence-electron chi connectivity index (χ0n) is 13.2. The van der Waals surface area contributed by atoms with E-state index in [0.29, 0.717) is 12.3 Å². The lowest BCUT2D eigenvalue weighted by Crippen LogP contribution is -2.44. The number of aliphatic hydroxyl groups is 1. The predicted molar refractivity (Wildman–Crippen MR) is 85.3 cm³/mol. The minimum atomic E-state index is -0.919.